The third kappa shape index (κ3) is 1.28. The number of aliphatic hydroxyl groups is 2. The molecule has 3 N–H and O–H groups in total. The van der Waals surface area contributed by atoms with Crippen molar-refractivity contribution in [2.75, 3.05) is 0 Å². The molecule has 5 heteroatoms. The third-order valence-corrected chi connectivity index (χ3v) is 2.50. The molecule has 1 aliphatic rings. The van der Waals surface area contributed by atoms with E-state index >= 15 is 0 Å². The third-order valence-electron chi connectivity index (χ3n) is 2.50. The van der Waals surface area contributed by atoms with E-state index in [0.29, 0.717) is 0 Å². The van der Waals surface area contributed by atoms with E-state index in [1.165, 1.54) is 25.1 Å². The average molecular weight is 210 g/mol. The topological polar surface area (TPSA) is 87.0 Å². The van der Waals surface area contributed by atoms with Crippen LogP contribution in [-0.4, -0.2) is 27.4 Å². The first-order chi connectivity index (χ1) is 6.94. The van der Waals surface area contributed by atoms with E-state index in [-0.39, 0.29) is 17.1 Å². The number of aromatic hydroxyl groups is 1. The van der Waals surface area contributed by atoms with Crippen molar-refractivity contribution in [2.45, 2.75) is 18.6 Å². The molecule has 5 nitrogen and oxygen atoms in total. The van der Waals surface area contributed by atoms with Gasteiger partial charge in [-0.25, -0.2) is 4.79 Å². The van der Waals surface area contributed by atoms with Crippen molar-refractivity contribution < 1.29 is 24.9 Å². The Hall–Kier alpha value is -1.59. The second kappa shape index (κ2) is 2.95. The number of rotatable bonds is 0. The molecule has 0 saturated heterocycles. The fourth-order valence-corrected chi connectivity index (χ4v) is 1.56. The van der Waals surface area contributed by atoms with E-state index in [9.17, 15) is 20.1 Å². The first kappa shape index (κ1) is 9.95. The van der Waals surface area contributed by atoms with E-state index in [0.717, 1.165) is 0 Å². The maximum Gasteiger partial charge on any atom is 0.343 e. The van der Waals surface area contributed by atoms with Crippen molar-refractivity contribution in [3.63, 3.8) is 0 Å². The van der Waals surface area contributed by atoms with Crippen molar-refractivity contribution in [1.29, 1.82) is 0 Å². The number of carbonyl (C=O) groups excluding carboxylic acids is 1. The second-order valence-corrected chi connectivity index (χ2v) is 3.62. The molecule has 0 amide bonds. The summed E-state index contributed by atoms with van der Waals surface area (Å²) in [5.74, 6) is -1.32. The van der Waals surface area contributed by atoms with Crippen LogP contribution in [0.5, 0.6) is 11.5 Å². The van der Waals surface area contributed by atoms with Crippen molar-refractivity contribution in [2.24, 2.45) is 0 Å². The minimum atomic E-state index is -1.75. The Kier molecular flexibility index (Phi) is 1.95. The largest absolute Gasteiger partial charge is 0.504 e. The number of aliphatic hydroxyl groups excluding tert-OH is 1. The normalized spacial score (nSPS) is 29.5. The molecule has 0 aromatic heterocycles. The van der Waals surface area contributed by atoms with Gasteiger partial charge in [-0.1, -0.05) is 12.1 Å². The van der Waals surface area contributed by atoms with Crippen LogP contribution in [0.25, 0.3) is 0 Å². The molecule has 2 rings (SSSR count). The lowest BCUT2D eigenvalue weighted by Crippen LogP contribution is -2.48. The molecule has 1 aromatic carbocycles. The Labute approximate surface area is 85.5 Å². The number of phenols is 1. The van der Waals surface area contributed by atoms with Crippen LogP contribution in [0.1, 0.15) is 12.5 Å². The van der Waals surface area contributed by atoms with E-state index in [1.807, 2.05) is 0 Å². The molecule has 80 valence electrons. The average Bonchev–Trinajstić information content (AvgIpc) is 2.17. The lowest BCUT2D eigenvalue weighted by molar-refractivity contribution is -0.164. The maximum atomic E-state index is 11.2. The summed E-state index contributed by atoms with van der Waals surface area (Å²) in [6.07, 6.45) is -1.65. The molecule has 0 radical (unpaired) electrons. The highest BCUT2D eigenvalue weighted by Gasteiger charge is 2.46. The monoisotopic (exact) mass is 210 g/mol. The Morgan fingerprint density at radius 1 is 1.47 bits per heavy atom. The maximum absolute atomic E-state index is 11.2. The number of fused-ring (bicyclic) bond motifs is 1. The standard InChI is InChI=1S/C10H10O5/c1-10(14)5-3-2-4-6(11)7(5)15-9(13)8(10)12/h2-4,8,11-12,14H,1H3. The molecule has 0 fully saturated rings. The van der Waals surface area contributed by atoms with E-state index in [4.69, 9.17) is 4.74 Å². The SMILES string of the molecule is CC1(O)c2cccc(O)c2OC(=O)C1O. The quantitative estimate of drug-likeness (QED) is 0.410. The molecule has 2 atom stereocenters. The minimum absolute atomic E-state index is 0.0993. The highest BCUT2D eigenvalue weighted by atomic mass is 16.6. The zero-order valence-corrected chi connectivity index (χ0v) is 7.97. The summed E-state index contributed by atoms with van der Waals surface area (Å²) in [5, 5.41) is 28.8. The molecule has 15 heavy (non-hydrogen) atoms. The molecule has 0 aliphatic carbocycles. The highest BCUT2D eigenvalue weighted by Crippen LogP contribution is 2.42. The summed E-state index contributed by atoms with van der Waals surface area (Å²) in [7, 11) is 0. The number of para-hydroxylation sites is 1. The summed E-state index contributed by atoms with van der Waals surface area (Å²) in [4.78, 5) is 11.2. The molecule has 1 heterocycles. The summed E-state index contributed by atoms with van der Waals surface area (Å²) in [5.41, 5.74) is -1.56. The molecule has 0 spiro atoms. The Balaban J connectivity index is 2.66. The number of hydrogen-bond acceptors (Lipinski definition) is 5. The van der Waals surface area contributed by atoms with Crippen molar-refractivity contribution in [3.8, 4) is 11.5 Å². The Morgan fingerprint density at radius 3 is 2.80 bits per heavy atom. The van der Waals surface area contributed by atoms with E-state index in [1.54, 1.807) is 0 Å². The van der Waals surface area contributed by atoms with E-state index < -0.39 is 17.7 Å². The van der Waals surface area contributed by atoms with Crippen molar-refractivity contribution >= 4 is 5.97 Å². The van der Waals surface area contributed by atoms with Crippen molar-refractivity contribution in [3.05, 3.63) is 23.8 Å². The van der Waals surface area contributed by atoms with Gasteiger partial charge in [0.15, 0.2) is 17.6 Å². The Bertz CT molecular complexity index is 424. The van der Waals surface area contributed by atoms with Crippen LogP contribution < -0.4 is 4.74 Å². The lowest BCUT2D eigenvalue weighted by Gasteiger charge is -2.33. The van der Waals surface area contributed by atoms with E-state index in [2.05, 4.69) is 0 Å². The summed E-state index contributed by atoms with van der Waals surface area (Å²) < 4.78 is 4.71. The van der Waals surface area contributed by atoms with Gasteiger partial charge in [-0.2, -0.15) is 0 Å². The second-order valence-electron chi connectivity index (χ2n) is 3.62. The van der Waals surface area contributed by atoms with Gasteiger partial charge in [0.1, 0.15) is 5.60 Å². The van der Waals surface area contributed by atoms with Gasteiger partial charge >= 0.3 is 5.97 Å². The number of carbonyl (C=O) groups is 1. The van der Waals surface area contributed by atoms with Crippen LogP contribution >= 0.6 is 0 Å². The van der Waals surface area contributed by atoms with Gasteiger partial charge in [0, 0.05) is 5.56 Å². The highest BCUT2D eigenvalue weighted by molar-refractivity contribution is 5.82. The first-order valence-electron chi connectivity index (χ1n) is 4.39. The van der Waals surface area contributed by atoms with Crippen LogP contribution in [0.2, 0.25) is 0 Å². The number of hydrogen-bond donors (Lipinski definition) is 3. The molecule has 0 bridgehead atoms. The van der Waals surface area contributed by atoms with Crippen LogP contribution in [0, 0.1) is 0 Å². The lowest BCUT2D eigenvalue weighted by atomic mass is 9.87. The first-order valence-corrected chi connectivity index (χ1v) is 4.39. The number of phenolic OH excluding ortho intramolecular Hbond substituents is 1. The van der Waals surface area contributed by atoms with Crippen molar-refractivity contribution in [1.82, 2.24) is 0 Å². The molecule has 1 aromatic rings. The zero-order valence-electron chi connectivity index (χ0n) is 7.97. The molecular weight excluding hydrogens is 200 g/mol. The molecule has 2 unspecified atom stereocenters. The van der Waals surface area contributed by atoms with Crippen LogP contribution in [0.3, 0.4) is 0 Å². The van der Waals surface area contributed by atoms with Crippen LogP contribution in [0.15, 0.2) is 18.2 Å². The van der Waals surface area contributed by atoms with Gasteiger partial charge < -0.3 is 20.1 Å². The van der Waals surface area contributed by atoms with Gasteiger partial charge in [-0.3, -0.25) is 0 Å². The van der Waals surface area contributed by atoms with Gasteiger partial charge in [0.05, 0.1) is 0 Å². The van der Waals surface area contributed by atoms with Gasteiger partial charge in [-0.05, 0) is 13.0 Å². The smallest absolute Gasteiger partial charge is 0.343 e. The summed E-state index contributed by atoms with van der Waals surface area (Å²) >= 11 is 0. The minimum Gasteiger partial charge on any atom is -0.504 e. The predicted molar refractivity (Wildman–Crippen MR) is 49.3 cm³/mol. The number of esters is 1. The summed E-state index contributed by atoms with van der Waals surface area (Å²) in [6.45, 7) is 1.29. The molecule has 0 saturated carbocycles. The van der Waals surface area contributed by atoms with Crippen LogP contribution in [0.4, 0.5) is 0 Å². The fraction of sp³-hybridized carbons (Fsp3) is 0.300. The fourth-order valence-electron chi connectivity index (χ4n) is 1.56. The van der Waals surface area contributed by atoms with Gasteiger partial charge in [0.25, 0.3) is 0 Å². The molecule has 1 aliphatic heterocycles. The molecular formula is C10H10O5. The summed E-state index contributed by atoms with van der Waals surface area (Å²) in [6, 6.07) is 4.30. The zero-order chi connectivity index (χ0) is 11.2. The van der Waals surface area contributed by atoms with Gasteiger partial charge in [0.2, 0.25) is 0 Å². The van der Waals surface area contributed by atoms with Gasteiger partial charge in [-0.15, -0.1) is 0 Å². The number of benzene rings is 1. The Morgan fingerprint density at radius 2 is 2.13 bits per heavy atom. The predicted octanol–water partition coefficient (Wildman–Crippen LogP) is -0.120. The van der Waals surface area contributed by atoms with Crippen LogP contribution in [-0.2, 0) is 10.4 Å². The number of ether oxygens (including phenoxy) is 1.